The normalized spacial score (nSPS) is 22.2. The summed E-state index contributed by atoms with van der Waals surface area (Å²) in [4.78, 5) is 93.5. The van der Waals surface area contributed by atoms with Crippen molar-refractivity contribution in [1.29, 1.82) is 0 Å². The highest BCUT2D eigenvalue weighted by Gasteiger charge is 2.51. The van der Waals surface area contributed by atoms with Crippen molar-refractivity contribution < 1.29 is 43.5 Å². The van der Waals surface area contributed by atoms with Crippen molar-refractivity contribution >= 4 is 46.6 Å². The Hall–Kier alpha value is -7.26. The zero-order valence-corrected chi connectivity index (χ0v) is 45.4. The molecule has 0 radical (unpaired) electrons. The number of benzene rings is 2. The Bertz CT molecular complexity index is 3140. The third-order valence-corrected chi connectivity index (χ3v) is 17.0. The number of carbonyl (C=O) groups excluding carboxylic acids is 5. The number of amides is 4. The number of carbonyl (C=O) groups is 5. The van der Waals surface area contributed by atoms with Gasteiger partial charge in [-0.25, -0.2) is 10.2 Å². The molecular formula is C57H71N11O10. The summed E-state index contributed by atoms with van der Waals surface area (Å²) in [6.07, 6.45) is 9.69. The van der Waals surface area contributed by atoms with E-state index in [2.05, 4.69) is 64.4 Å². The number of likely N-dealkylation sites (N-methyl/N-ethyl adjacent to an activating group) is 1. The lowest BCUT2D eigenvalue weighted by Crippen LogP contribution is -2.62. The number of nitrogens with zero attached hydrogens (tertiary/aromatic N) is 9. The standard InChI is InChI=1S/C57H71N11O10/c1-7-65-46-17-16-38-27-42(46)43(50(65)41-14-10-20-58-48(41)34(2)77-6)29-56(3,4)32-78-53(73)44-15-11-21-66(61-44)52(72)45(24-36-22-39(38)26-40(69)23-36)60-51(71)49(37-12-8-9-13-37)63(5)47(70)25-35-18-19-57(28-35)30-64(31-57)55(74)67-33-59-54(62-67)68(75)76/h10,14,16-17,20,22-23,26-27,33-35,37,44-45,49,61,69H,7-9,11-13,15,18-19,21,24-25,28-32H2,1-6H3,(H,60,71)/t34-,35?,44-,45-,49-/m0/s1. The van der Waals surface area contributed by atoms with Gasteiger partial charge in [-0.15, -0.1) is 0 Å². The summed E-state index contributed by atoms with van der Waals surface area (Å²) in [5.41, 5.74) is 9.34. The monoisotopic (exact) mass is 1070 g/mol. The van der Waals surface area contributed by atoms with E-state index < -0.39 is 58.2 Å². The van der Waals surface area contributed by atoms with Crippen LogP contribution in [0.15, 0.2) is 61.1 Å². The van der Waals surface area contributed by atoms with Crippen LogP contribution in [0.5, 0.6) is 5.75 Å². The zero-order valence-electron chi connectivity index (χ0n) is 45.4. The number of hydrogen-bond donors (Lipinski definition) is 3. The van der Waals surface area contributed by atoms with E-state index in [1.165, 1.54) is 5.01 Å². The van der Waals surface area contributed by atoms with E-state index in [4.69, 9.17) is 14.5 Å². The average Bonchev–Trinajstić information content (AvgIpc) is 4.45. The van der Waals surface area contributed by atoms with E-state index >= 15 is 9.59 Å². The van der Waals surface area contributed by atoms with Crippen molar-refractivity contribution in [3.63, 3.8) is 0 Å². The number of esters is 1. The maximum Gasteiger partial charge on any atom is 0.491 e. The van der Waals surface area contributed by atoms with Crippen LogP contribution in [0.2, 0.25) is 0 Å². The first kappa shape index (κ1) is 54.1. The molecule has 5 aliphatic rings. The molecule has 21 heteroatoms. The molecular weight excluding hydrogens is 999 g/mol. The minimum absolute atomic E-state index is 0.00863. The molecule has 2 aromatic carbocycles. The van der Waals surface area contributed by atoms with Crippen LogP contribution in [0, 0.1) is 32.8 Å². The van der Waals surface area contributed by atoms with Crippen LogP contribution in [0.25, 0.3) is 33.3 Å². The summed E-state index contributed by atoms with van der Waals surface area (Å²) in [6, 6.07) is 12.1. The first-order valence-corrected chi connectivity index (χ1v) is 27.5. The quantitative estimate of drug-likeness (QED) is 0.0677. The van der Waals surface area contributed by atoms with Crippen LogP contribution in [-0.2, 0) is 48.0 Å². The molecule has 3 aromatic heterocycles. The highest BCUT2D eigenvalue weighted by atomic mass is 16.6. The molecule has 1 spiro atoms. The number of nitrogens with one attached hydrogen (secondary N) is 2. The van der Waals surface area contributed by atoms with E-state index in [1.807, 2.05) is 25.1 Å². The second kappa shape index (κ2) is 21.9. The molecule has 5 aromatic rings. The van der Waals surface area contributed by atoms with E-state index in [1.54, 1.807) is 42.3 Å². The smallest absolute Gasteiger partial charge is 0.491 e. The van der Waals surface area contributed by atoms with Gasteiger partial charge in [0.15, 0.2) is 0 Å². The summed E-state index contributed by atoms with van der Waals surface area (Å²) in [6.45, 7) is 10.1. The Kier molecular flexibility index (Phi) is 15.2. The lowest BCUT2D eigenvalue weighted by molar-refractivity contribution is -0.394. The van der Waals surface area contributed by atoms with E-state index in [-0.39, 0.29) is 61.0 Å². The highest BCUT2D eigenvalue weighted by Crippen LogP contribution is 2.50. The fraction of sp³-hybridized carbons (Fsp3) is 0.544. The molecule has 1 unspecified atom stereocenters. The number of aryl methyl sites for hydroxylation is 1. The molecule has 414 valence electrons. The molecule has 5 atom stereocenters. The van der Waals surface area contributed by atoms with Crippen molar-refractivity contribution in [2.75, 3.05) is 40.4 Å². The summed E-state index contributed by atoms with van der Waals surface area (Å²) in [5.74, 6) is -2.40. The van der Waals surface area contributed by atoms with Crippen LogP contribution in [0.3, 0.4) is 0 Å². The van der Waals surface area contributed by atoms with E-state index in [0.717, 1.165) is 88.5 Å². The van der Waals surface area contributed by atoms with Gasteiger partial charge >= 0.3 is 17.9 Å². The predicted molar refractivity (Wildman–Crippen MR) is 287 cm³/mol. The number of fused-ring (bicyclic) bond motifs is 6. The molecule has 6 bridgehead atoms. The molecule has 2 saturated heterocycles. The first-order valence-electron chi connectivity index (χ1n) is 27.5. The van der Waals surface area contributed by atoms with Crippen LogP contribution < -0.4 is 10.7 Å². The summed E-state index contributed by atoms with van der Waals surface area (Å²) in [5, 5.41) is 31.8. The van der Waals surface area contributed by atoms with Crippen molar-refractivity contribution in [3.8, 4) is 28.1 Å². The molecule has 10 rings (SSSR count). The lowest BCUT2D eigenvalue weighted by Gasteiger charge is -2.47. The predicted octanol–water partition coefficient (Wildman–Crippen LogP) is 7.13. The number of nitro groups is 1. The fourth-order valence-electron chi connectivity index (χ4n) is 13.1. The van der Waals surface area contributed by atoms with Gasteiger partial charge in [0.25, 0.3) is 5.91 Å². The number of hydrazine groups is 1. The van der Waals surface area contributed by atoms with E-state index in [9.17, 15) is 29.6 Å². The number of methoxy groups -OCH3 is 1. The summed E-state index contributed by atoms with van der Waals surface area (Å²) < 4.78 is 15.2. The largest absolute Gasteiger partial charge is 0.508 e. The average molecular weight is 1070 g/mol. The SMILES string of the molecule is CCn1c(-c2cccnc2[C@H](C)OC)c2c3cc(ccc31)-c1cc(O)cc(c1)C[C@H](NC(=O)[C@H](C1CCCC1)N(C)C(=O)CC1CCC3(C1)CN(C(=O)n1cnc([N+](=O)[O-])n1)C3)C(=O)N1CCC[C@H](N1)C(=O)OCC(C)(C)C2. The van der Waals surface area contributed by atoms with Crippen LogP contribution in [0.1, 0.15) is 115 Å². The number of aromatic nitrogens is 5. The van der Waals surface area contributed by atoms with Crippen molar-refractivity contribution in [2.45, 2.75) is 136 Å². The number of cyclic esters (lactones) is 1. The van der Waals surface area contributed by atoms with Gasteiger partial charge in [0.05, 0.1) is 24.1 Å². The Morgan fingerprint density at radius 2 is 1.82 bits per heavy atom. The number of phenolic OH excluding ortho intramolecular Hbond substituents is 1. The lowest BCUT2D eigenvalue weighted by atomic mass is 9.77. The zero-order chi connectivity index (χ0) is 55.2. The Labute approximate surface area is 453 Å². The Morgan fingerprint density at radius 1 is 1.04 bits per heavy atom. The minimum Gasteiger partial charge on any atom is -0.508 e. The first-order chi connectivity index (χ1) is 37.3. The van der Waals surface area contributed by atoms with Crippen LogP contribution in [0.4, 0.5) is 10.7 Å². The highest BCUT2D eigenvalue weighted by molar-refractivity contribution is 5.96. The molecule has 78 heavy (non-hydrogen) atoms. The molecule has 6 heterocycles. The topological polar surface area (TPSA) is 249 Å². The van der Waals surface area contributed by atoms with Gasteiger partial charge in [-0.2, -0.15) is 0 Å². The fourth-order valence-corrected chi connectivity index (χ4v) is 13.1. The summed E-state index contributed by atoms with van der Waals surface area (Å²) in [7, 11) is 3.34. The maximum atomic E-state index is 15.1. The Morgan fingerprint density at radius 3 is 2.55 bits per heavy atom. The van der Waals surface area contributed by atoms with Crippen LogP contribution >= 0.6 is 0 Å². The number of rotatable bonds is 11. The van der Waals surface area contributed by atoms with Gasteiger partial charge in [-0.3, -0.25) is 29.2 Å². The van der Waals surface area contributed by atoms with Crippen molar-refractivity contribution in [1.82, 2.24) is 49.9 Å². The molecule has 4 amide bonds. The third kappa shape index (κ3) is 10.8. The van der Waals surface area contributed by atoms with Gasteiger partial charge in [0.2, 0.25) is 18.1 Å². The van der Waals surface area contributed by atoms with E-state index in [0.29, 0.717) is 56.4 Å². The molecule has 21 nitrogen and oxygen atoms in total. The Balaban J connectivity index is 0.941. The molecule has 3 aliphatic heterocycles. The number of likely N-dealkylation sites (tertiary alicyclic amines) is 1. The third-order valence-electron chi connectivity index (χ3n) is 17.0. The minimum atomic E-state index is -1.17. The molecule has 2 saturated carbocycles. The summed E-state index contributed by atoms with van der Waals surface area (Å²) >= 11 is 0. The molecule has 3 N–H and O–H groups in total. The number of ether oxygens (including phenoxy) is 2. The van der Waals surface area contributed by atoms with Gasteiger partial charge in [0.1, 0.15) is 23.9 Å². The van der Waals surface area contributed by atoms with Gasteiger partial charge < -0.3 is 44.4 Å². The molecule has 4 fully saturated rings. The van der Waals surface area contributed by atoms with Crippen molar-refractivity contribution in [2.24, 2.45) is 22.7 Å². The number of phenols is 1. The van der Waals surface area contributed by atoms with Gasteiger partial charge in [0, 0.05) is 91.8 Å². The second-order valence-electron chi connectivity index (χ2n) is 23.2. The van der Waals surface area contributed by atoms with Gasteiger partial charge in [-0.1, -0.05) is 48.5 Å². The van der Waals surface area contributed by atoms with Crippen LogP contribution in [-0.4, -0.2) is 137 Å². The molecule has 2 aliphatic carbocycles. The maximum absolute atomic E-state index is 15.1. The number of pyridine rings is 1. The van der Waals surface area contributed by atoms with Crippen molar-refractivity contribution in [3.05, 3.63) is 88.0 Å². The van der Waals surface area contributed by atoms with Gasteiger partial charge in [-0.05, 0) is 141 Å². The number of hydrogen-bond acceptors (Lipinski definition) is 14. The second-order valence-corrected chi connectivity index (χ2v) is 23.2. The number of aromatic hydroxyl groups is 1.